The van der Waals surface area contributed by atoms with Gasteiger partial charge in [0.15, 0.2) is 0 Å². The van der Waals surface area contributed by atoms with Crippen molar-refractivity contribution in [2.75, 3.05) is 0 Å². The summed E-state index contributed by atoms with van der Waals surface area (Å²) < 4.78 is 62.9. The zero-order valence-electron chi connectivity index (χ0n) is 20.0. The van der Waals surface area contributed by atoms with Gasteiger partial charge in [-0.2, -0.15) is 27.1 Å². The Morgan fingerprint density at radius 2 is 0.750 bits per heavy atom. The minimum Gasteiger partial charge on any atom is -0.508 e. The average Bonchev–Trinajstić information content (AvgIpc) is 2.90. The van der Waals surface area contributed by atoms with Crippen LogP contribution in [0.25, 0.3) is 0 Å². The van der Waals surface area contributed by atoms with Crippen molar-refractivity contribution in [1.82, 2.24) is 0 Å². The van der Waals surface area contributed by atoms with Crippen molar-refractivity contribution in [2.24, 2.45) is 30.7 Å². The molecule has 0 aromatic heterocycles. The van der Waals surface area contributed by atoms with E-state index < -0.39 is 20.2 Å². The Morgan fingerprint density at radius 3 is 1.07 bits per heavy atom. The van der Waals surface area contributed by atoms with E-state index in [1.165, 1.54) is 60.7 Å². The van der Waals surface area contributed by atoms with Gasteiger partial charge in [0.2, 0.25) is 0 Å². The number of phenols is 2. The molecule has 4 N–H and O–H groups in total. The Labute approximate surface area is 227 Å². The number of azo groups is 3. The van der Waals surface area contributed by atoms with E-state index >= 15 is 0 Å². The van der Waals surface area contributed by atoms with Gasteiger partial charge in [0.05, 0.1) is 21.2 Å². The van der Waals surface area contributed by atoms with Gasteiger partial charge in [0, 0.05) is 12.1 Å². The highest BCUT2D eigenvalue weighted by Gasteiger charge is 2.10. The Hall–Kier alpha value is -4.90. The average molecular weight is 583 g/mol. The largest absolute Gasteiger partial charge is 0.508 e. The number of rotatable bonds is 8. The second-order valence-corrected chi connectivity index (χ2v) is 10.7. The molecular weight excluding hydrogens is 564 g/mol. The molecule has 0 aliphatic heterocycles. The molecular formula is C24H18N6O8S2. The molecule has 16 heteroatoms. The number of nitrogens with zero attached hydrogens (tertiary/aromatic N) is 6. The molecule has 0 aliphatic rings. The third-order valence-corrected chi connectivity index (χ3v) is 6.73. The summed E-state index contributed by atoms with van der Waals surface area (Å²) in [6, 6.07) is 18.0. The zero-order chi connectivity index (χ0) is 28.9. The number of phenolic OH excluding ortho intramolecular Hbond substituents is 2. The van der Waals surface area contributed by atoms with Gasteiger partial charge in [0.1, 0.15) is 34.2 Å². The van der Waals surface area contributed by atoms with Gasteiger partial charge in [0.25, 0.3) is 20.2 Å². The van der Waals surface area contributed by atoms with Gasteiger partial charge in [-0.1, -0.05) is 0 Å². The van der Waals surface area contributed by atoms with E-state index in [0.29, 0.717) is 0 Å². The molecule has 0 bridgehead atoms. The summed E-state index contributed by atoms with van der Waals surface area (Å²) in [6.07, 6.45) is 0. The Bertz CT molecular complexity index is 1720. The summed E-state index contributed by atoms with van der Waals surface area (Å²) >= 11 is 0. The van der Waals surface area contributed by atoms with Crippen LogP contribution in [0.5, 0.6) is 11.5 Å². The predicted molar refractivity (Wildman–Crippen MR) is 141 cm³/mol. The van der Waals surface area contributed by atoms with E-state index in [9.17, 15) is 27.0 Å². The minimum atomic E-state index is -4.36. The van der Waals surface area contributed by atoms with Gasteiger partial charge in [-0.3, -0.25) is 9.11 Å². The van der Waals surface area contributed by atoms with Crippen molar-refractivity contribution < 1.29 is 36.2 Å². The maximum atomic E-state index is 11.2. The highest BCUT2D eigenvalue weighted by Crippen LogP contribution is 2.37. The molecule has 204 valence electrons. The molecule has 0 aliphatic carbocycles. The Kier molecular flexibility index (Phi) is 8.05. The molecule has 4 aromatic carbocycles. The number of benzene rings is 4. The lowest BCUT2D eigenvalue weighted by Crippen LogP contribution is -1.96. The van der Waals surface area contributed by atoms with Crippen LogP contribution in [-0.4, -0.2) is 36.2 Å². The van der Waals surface area contributed by atoms with Crippen molar-refractivity contribution in [3.05, 3.63) is 84.9 Å². The third-order valence-electron chi connectivity index (χ3n) is 5.00. The molecule has 0 atom stereocenters. The Morgan fingerprint density at radius 1 is 0.425 bits per heavy atom. The maximum Gasteiger partial charge on any atom is 0.294 e. The fourth-order valence-corrected chi connectivity index (χ4v) is 4.01. The first kappa shape index (κ1) is 28.1. The lowest BCUT2D eigenvalue weighted by Gasteiger charge is -2.02. The predicted octanol–water partition coefficient (Wildman–Crippen LogP) is 6.84. The second kappa shape index (κ2) is 11.5. The fraction of sp³-hybridized carbons (Fsp3) is 0. The van der Waals surface area contributed by atoms with E-state index in [2.05, 4.69) is 30.7 Å². The number of hydrogen-bond donors (Lipinski definition) is 4. The molecule has 0 fully saturated rings. The first-order chi connectivity index (χ1) is 18.9. The van der Waals surface area contributed by atoms with E-state index in [-0.39, 0.29) is 55.4 Å². The smallest absolute Gasteiger partial charge is 0.294 e. The van der Waals surface area contributed by atoms with E-state index in [1.54, 1.807) is 0 Å². The standard InChI is InChI=1S/C24H18N6O8S2/c31-17-5-11-21(27-25-15-1-7-19(8-2-15)39(33,34)35)23(13-17)29-30-24-14-18(32)6-12-22(24)28-26-16-3-9-20(10-4-16)40(36,37)38/h1-14,31-32H,(H,33,34,35)(H,36,37,38). The number of hydrogen-bond acceptors (Lipinski definition) is 12. The van der Waals surface area contributed by atoms with Crippen LogP contribution < -0.4 is 0 Å². The highest BCUT2D eigenvalue weighted by atomic mass is 32.2. The van der Waals surface area contributed by atoms with E-state index in [1.807, 2.05) is 0 Å². The van der Waals surface area contributed by atoms with Gasteiger partial charge >= 0.3 is 0 Å². The maximum absolute atomic E-state index is 11.2. The van der Waals surface area contributed by atoms with Crippen LogP contribution in [0.15, 0.2) is 125 Å². The molecule has 0 radical (unpaired) electrons. The summed E-state index contributed by atoms with van der Waals surface area (Å²) in [4.78, 5) is -0.612. The molecule has 4 rings (SSSR count). The van der Waals surface area contributed by atoms with Gasteiger partial charge in [-0.25, -0.2) is 0 Å². The first-order valence-electron chi connectivity index (χ1n) is 10.9. The van der Waals surface area contributed by atoms with Gasteiger partial charge < -0.3 is 10.2 Å². The summed E-state index contributed by atoms with van der Waals surface area (Å²) in [5, 5.41) is 44.1. The first-order valence-corrected chi connectivity index (χ1v) is 13.8. The lowest BCUT2D eigenvalue weighted by molar-refractivity contribution is 0.474. The van der Waals surface area contributed by atoms with Crippen molar-refractivity contribution in [1.29, 1.82) is 0 Å². The molecule has 0 amide bonds. The van der Waals surface area contributed by atoms with Crippen LogP contribution >= 0.6 is 0 Å². The topological polar surface area (TPSA) is 223 Å². The summed E-state index contributed by atoms with van der Waals surface area (Å²) in [6.45, 7) is 0. The molecule has 0 spiro atoms. The SMILES string of the molecule is O=S(=O)(O)c1ccc(N=Nc2ccc(O)cc2N=Nc2cc(O)ccc2N=Nc2ccc(S(=O)(=O)O)cc2)cc1. The lowest BCUT2D eigenvalue weighted by atomic mass is 10.2. The van der Waals surface area contributed by atoms with Crippen molar-refractivity contribution in [3.8, 4) is 11.5 Å². The van der Waals surface area contributed by atoms with Gasteiger partial charge in [-0.15, -0.1) is 20.5 Å². The molecule has 0 heterocycles. The third kappa shape index (κ3) is 7.35. The van der Waals surface area contributed by atoms with E-state index in [4.69, 9.17) is 9.11 Å². The van der Waals surface area contributed by atoms with E-state index in [0.717, 1.165) is 24.3 Å². The minimum absolute atomic E-state index is 0.0883. The molecule has 0 saturated carbocycles. The van der Waals surface area contributed by atoms with Gasteiger partial charge in [-0.05, 0) is 72.8 Å². The van der Waals surface area contributed by atoms with Crippen molar-refractivity contribution in [2.45, 2.75) is 9.79 Å². The van der Waals surface area contributed by atoms with Crippen LogP contribution in [0.4, 0.5) is 34.1 Å². The fourth-order valence-electron chi connectivity index (χ4n) is 3.05. The molecule has 0 saturated heterocycles. The second-order valence-electron chi connectivity index (χ2n) is 7.88. The normalized spacial score (nSPS) is 12.6. The number of aromatic hydroxyl groups is 2. The highest BCUT2D eigenvalue weighted by molar-refractivity contribution is 7.86. The van der Waals surface area contributed by atoms with Crippen LogP contribution in [-0.2, 0) is 20.2 Å². The summed E-state index contributed by atoms with van der Waals surface area (Å²) in [5.74, 6) is -0.288. The van der Waals surface area contributed by atoms with Crippen LogP contribution in [0.3, 0.4) is 0 Å². The van der Waals surface area contributed by atoms with Crippen LogP contribution in [0.1, 0.15) is 0 Å². The molecule has 4 aromatic rings. The molecule has 14 nitrogen and oxygen atoms in total. The van der Waals surface area contributed by atoms with Crippen LogP contribution in [0, 0.1) is 0 Å². The Balaban J connectivity index is 1.61. The molecule has 0 unspecified atom stereocenters. The summed E-state index contributed by atoms with van der Waals surface area (Å²) in [5.41, 5.74) is 1.08. The van der Waals surface area contributed by atoms with Crippen LogP contribution in [0.2, 0.25) is 0 Å². The zero-order valence-corrected chi connectivity index (χ0v) is 21.6. The molecule has 40 heavy (non-hydrogen) atoms. The monoisotopic (exact) mass is 582 g/mol. The van der Waals surface area contributed by atoms with Crippen molar-refractivity contribution >= 4 is 54.4 Å². The summed E-state index contributed by atoms with van der Waals surface area (Å²) in [7, 11) is -8.71. The quantitative estimate of drug-likeness (QED) is 0.127. The van der Waals surface area contributed by atoms with Crippen molar-refractivity contribution in [3.63, 3.8) is 0 Å².